The summed E-state index contributed by atoms with van der Waals surface area (Å²) in [5.74, 6) is -3.66. The summed E-state index contributed by atoms with van der Waals surface area (Å²) in [6.07, 6.45) is 5.30. The number of nitrogens with zero attached hydrogens (tertiary/aromatic N) is 6. The number of rotatable bonds is 6. The van der Waals surface area contributed by atoms with Crippen molar-refractivity contribution in [3.05, 3.63) is 71.6 Å². The summed E-state index contributed by atoms with van der Waals surface area (Å²) in [5, 5.41) is 15.7. The standard InChI is InChI=1S/C21H16F3N7/c1-3-4-16-21(25-2)17(7-8-26-16)27-11-19-29-28-18-6-5-15(30-31(18)19)12-9-13(22)20(24)14(23)10-12/h3-10H,2,11H2,1H3,(H,26,27)/b4-3-. The second-order valence-corrected chi connectivity index (χ2v) is 6.46. The van der Waals surface area contributed by atoms with Gasteiger partial charge in [-0.1, -0.05) is 6.08 Å². The van der Waals surface area contributed by atoms with E-state index in [0.29, 0.717) is 28.5 Å². The molecule has 3 aromatic heterocycles. The molecule has 0 saturated carbocycles. The Bertz CT molecular complexity index is 1290. The number of hydrogen-bond donors (Lipinski definition) is 1. The molecule has 1 N–H and O–H groups in total. The number of halogens is 3. The number of benzene rings is 1. The molecule has 3 heterocycles. The molecule has 0 aliphatic carbocycles. The zero-order valence-electron chi connectivity index (χ0n) is 16.4. The van der Waals surface area contributed by atoms with Gasteiger partial charge in [0.05, 0.1) is 23.6 Å². The normalized spacial score (nSPS) is 11.4. The van der Waals surface area contributed by atoms with Gasteiger partial charge in [-0.15, -0.1) is 10.2 Å². The molecule has 0 saturated heterocycles. The van der Waals surface area contributed by atoms with Gasteiger partial charge in [-0.3, -0.25) is 9.98 Å². The molecular formula is C21H16F3N7. The van der Waals surface area contributed by atoms with Gasteiger partial charge in [0.2, 0.25) is 0 Å². The van der Waals surface area contributed by atoms with Crippen LogP contribution in [-0.2, 0) is 6.54 Å². The van der Waals surface area contributed by atoms with Gasteiger partial charge in [-0.25, -0.2) is 13.2 Å². The third-order valence-corrected chi connectivity index (χ3v) is 4.48. The first-order chi connectivity index (χ1) is 15.0. The first-order valence-corrected chi connectivity index (χ1v) is 9.20. The molecule has 31 heavy (non-hydrogen) atoms. The van der Waals surface area contributed by atoms with E-state index >= 15 is 0 Å². The van der Waals surface area contributed by atoms with Crippen molar-refractivity contribution < 1.29 is 13.2 Å². The summed E-state index contributed by atoms with van der Waals surface area (Å²) >= 11 is 0. The molecule has 4 rings (SSSR count). The van der Waals surface area contributed by atoms with E-state index in [1.54, 1.807) is 18.3 Å². The number of hydrogen-bond acceptors (Lipinski definition) is 6. The van der Waals surface area contributed by atoms with E-state index in [2.05, 4.69) is 37.3 Å². The van der Waals surface area contributed by atoms with Crippen molar-refractivity contribution in [2.45, 2.75) is 13.5 Å². The molecule has 0 unspecified atom stereocenters. The minimum Gasteiger partial charge on any atom is -0.376 e. The SMILES string of the molecule is C=Nc1c(NCc2nnc3ccc(-c4cc(F)c(F)c(F)c4)nn23)ccnc1/C=C\C. The quantitative estimate of drug-likeness (QED) is 0.363. The molecule has 0 radical (unpaired) electrons. The first kappa shape index (κ1) is 20.2. The fraction of sp³-hybridized carbons (Fsp3) is 0.0952. The minimum absolute atomic E-state index is 0.0918. The van der Waals surface area contributed by atoms with Crippen molar-refractivity contribution in [2.24, 2.45) is 4.99 Å². The van der Waals surface area contributed by atoms with E-state index < -0.39 is 17.5 Å². The van der Waals surface area contributed by atoms with Gasteiger partial charge in [-0.2, -0.15) is 9.61 Å². The molecular weight excluding hydrogens is 407 g/mol. The van der Waals surface area contributed by atoms with Crippen LogP contribution in [0, 0.1) is 17.5 Å². The van der Waals surface area contributed by atoms with Crippen molar-refractivity contribution in [3.8, 4) is 11.3 Å². The third kappa shape index (κ3) is 3.87. The van der Waals surface area contributed by atoms with E-state index in [9.17, 15) is 13.2 Å². The molecule has 0 fully saturated rings. The van der Waals surface area contributed by atoms with Crippen LogP contribution in [0.25, 0.3) is 23.0 Å². The van der Waals surface area contributed by atoms with Crippen molar-refractivity contribution in [3.63, 3.8) is 0 Å². The Balaban J connectivity index is 1.67. The second-order valence-electron chi connectivity index (χ2n) is 6.46. The number of allylic oxidation sites excluding steroid dienone is 1. The van der Waals surface area contributed by atoms with Gasteiger partial charge < -0.3 is 5.32 Å². The lowest BCUT2D eigenvalue weighted by atomic mass is 10.1. The molecule has 7 nitrogen and oxygen atoms in total. The molecule has 156 valence electrons. The molecule has 0 spiro atoms. The molecule has 0 atom stereocenters. The van der Waals surface area contributed by atoms with Gasteiger partial charge in [-0.05, 0) is 50.0 Å². The number of anilines is 1. The van der Waals surface area contributed by atoms with E-state index in [4.69, 9.17) is 0 Å². The average Bonchev–Trinajstić information content (AvgIpc) is 3.18. The van der Waals surface area contributed by atoms with Crippen LogP contribution >= 0.6 is 0 Å². The summed E-state index contributed by atoms with van der Waals surface area (Å²) in [5.41, 5.74) is 2.70. The van der Waals surface area contributed by atoms with Gasteiger partial charge in [0.1, 0.15) is 5.69 Å². The van der Waals surface area contributed by atoms with Gasteiger partial charge in [0, 0.05) is 11.8 Å². The van der Waals surface area contributed by atoms with Crippen molar-refractivity contribution in [1.82, 2.24) is 24.8 Å². The van der Waals surface area contributed by atoms with Crippen LogP contribution in [-0.4, -0.2) is 31.5 Å². The summed E-state index contributed by atoms with van der Waals surface area (Å²) < 4.78 is 41.9. The maximum Gasteiger partial charge on any atom is 0.194 e. The summed E-state index contributed by atoms with van der Waals surface area (Å²) in [7, 11) is 0. The van der Waals surface area contributed by atoms with Crippen molar-refractivity contribution in [2.75, 3.05) is 5.32 Å². The van der Waals surface area contributed by atoms with Gasteiger partial charge in [0.25, 0.3) is 0 Å². The van der Waals surface area contributed by atoms with E-state index in [1.165, 1.54) is 10.6 Å². The van der Waals surface area contributed by atoms with Gasteiger partial charge in [0.15, 0.2) is 28.9 Å². The number of aliphatic imine (C=N–C) groups is 1. The molecule has 10 heteroatoms. The lowest BCUT2D eigenvalue weighted by molar-refractivity contribution is 0.447. The predicted octanol–water partition coefficient (Wildman–Crippen LogP) is 4.58. The lowest BCUT2D eigenvalue weighted by Crippen LogP contribution is -2.07. The lowest BCUT2D eigenvalue weighted by Gasteiger charge is -2.10. The number of pyridine rings is 1. The Morgan fingerprint density at radius 3 is 2.61 bits per heavy atom. The molecule has 1 aromatic carbocycles. The van der Waals surface area contributed by atoms with E-state index in [1.807, 2.05) is 19.1 Å². The highest BCUT2D eigenvalue weighted by Crippen LogP contribution is 2.28. The van der Waals surface area contributed by atoms with Crippen LogP contribution < -0.4 is 5.32 Å². The van der Waals surface area contributed by atoms with Crippen molar-refractivity contribution >= 4 is 29.8 Å². The summed E-state index contributed by atoms with van der Waals surface area (Å²) in [6, 6.07) is 6.65. The molecule has 0 bridgehead atoms. The van der Waals surface area contributed by atoms with Gasteiger partial charge >= 0.3 is 0 Å². The molecule has 0 aliphatic heterocycles. The smallest absolute Gasteiger partial charge is 0.194 e. The monoisotopic (exact) mass is 423 g/mol. The highest BCUT2D eigenvalue weighted by atomic mass is 19.2. The highest BCUT2D eigenvalue weighted by molar-refractivity contribution is 5.76. The zero-order valence-corrected chi connectivity index (χ0v) is 16.4. The zero-order chi connectivity index (χ0) is 22.0. The fourth-order valence-corrected chi connectivity index (χ4v) is 3.03. The Kier molecular flexibility index (Phi) is 5.44. The second kappa shape index (κ2) is 8.34. The Hall–Kier alpha value is -4.08. The maximum absolute atomic E-state index is 13.6. The Labute approximate surface area is 175 Å². The van der Waals surface area contributed by atoms with Crippen molar-refractivity contribution in [1.29, 1.82) is 0 Å². The maximum atomic E-state index is 13.6. The number of fused-ring (bicyclic) bond motifs is 1. The fourth-order valence-electron chi connectivity index (χ4n) is 3.03. The summed E-state index contributed by atoms with van der Waals surface area (Å²) in [6.45, 7) is 5.70. The minimum atomic E-state index is -1.53. The topological polar surface area (TPSA) is 80.4 Å². The van der Waals surface area contributed by atoms with Crippen LogP contribution in [0.4, 0.5) is 24.5 Å². The van der Waals surface area contributed by atoms with E-state index in [0.717, 1.165) is 12.1 Å². The third-order valence-electron chi connectivity index (χ3n) is 4.48. The van der Waals surface area contributed by atoms with Crippen LogP contribution in [0.2, 0.25) is 0 Å². The number of aromatic nitrogens is 5. The Morgan fingerprint density at radius 1 is 1.13 bits per heavy atom. The van der Waals surface area contributed by atoms with Crippen LogP contribution in [0.15, 0.2) is 47.6 Å². The van der Waals surface area contributed by atoms with Crippen LogP contribution in [0.3, 0.4) is 0 Å². The van der Waals surface area contributed by atoms with E-state index in [-0.39, 0.29) is 17.8 Å². The summed E-state index contributed by atoms with van der Waals surface area (Å²) in [4.78, 5) is 8.31. The predicted molar refractivity (Wildman–Crippen MR) is 112 cm³/mol. The Morgan fingerprint density at radius 2 is 1.90 bits per heavy atom. The number of nitrogens with one attached hydrogen (secondary N) is 1. The molecule has 0 aliphatic rings. The van der Waals surface area contributed by atoms with Crippen LogP contribution in [0.1, 0.15) is 18.4 Å². The molecule has 4 aromatic rings. The largest absolute Gasteiger partial charge is 0.376 e. The van der Waals surface area contributed by atoms with Crippen LogP contribution in [0.5, 0.6) is 0 Å². The first-order valence-electron chi connectivity index (χ1n) is 9.20. The molecule has 0 amide bonds. The highest BCUT2D eigenvalue weighted by Gasteiger charge is 2.15. The average molecular weight is 423 g/mol.